The van der Waals surface area contributed by atoms with Crippen molar-refractivity contribution in [2.45, 2.75) is 37.8 Å². The van der Waals surface area contributed by atoms with Gasteiger partial charge in [-0.2, -0.15) is 0 Å². The van der Waals surface area contributed by atoms with Gasteiger partial charge in [-0.3, -0.25) is 9.59 Å². The van der Waals surface area contributed by atoms with Gasteiger partial charge in [0.1, 0.15) is 11.5 Å². The fourth-order valence-electron chi connectivity index (χ4n) is 2.55. The van der Waals surface area contributed by atoms with Gasteiger partial charge in [0.2, 0.25) is 5.91 Å². The van der Waals surface area contributed by atoms with Gasteiger partial charge in [-0.25, -0.2) is 4.79 Å². The first-order valence-corrected chi connectivity index (χ1v) is 10.9. The number of nitrogens with one attached hydrogen (secondary N) is 1. The number of ether oxygens (including phenoxy) is 3. The lowest BCUT2D eigenvalue weighted by atomic mass is 9.91. The number of Topliss-reactive ketones (excluding diaryl/α,β-unsaturated/α-hetero) is 1. The first-order chi connectivity index (χ1) is 15.1. The molecule has 7 nitrogen and oxygen atoms in total. The molecule has 32 heavy (non-hydrogen) atoms. The summed E-state index contributed by atoms with van der Waals surface area (Å²) in [6, 6.07) is 11.9. The Morgan fingerprint density at radius 1 is 1.03 bits per heavy atom. The van der Waals surface area contributed by atoms with Gasteiger partial charge >= 0.3 is 5.97 Å². The molecular formula is C24H29NO6S. The van der Waals surface area contributed by atoms with Gasteiger partial charge in [-0.05, 0) is 31.2 Å². The van der Waals surface area contributed by atoms with Crippen LogP contribution in [0.25, 0.3) is 0 Å². The minimum absolute atomic E-state index is 0.170. The van der Waals surface area contributed by atoms with Crippen molar-refractivity contribution in [1.82, 2.24) is 0 Å². The summed E-state index contributed by atoms with van der Waals surface area (Å²) in [5.74, 6) is 0.0412. The van der Waals surface area contributed by atoms with Crippen LogP contribution in [0.3, 0.4) is 0 Å². The summed E-state index contributed by atoms with van der Waals surface area (Å²) in [7, 11) is 3.05. The summed E-state index contributed by atoms with van der Waals surface area (Å²) in [5.41, 5.74) is 0.193. The second kappa shape index (κ2) is 11.0. The highest BCUT2D eigenvalue weighted by Gasteiger charge is 2.24. The number of ketones is 1. The third-order valence-electron chi connectivity index (χ3n) is 4.62. The van der Waals surface area contributed by atoms with Gasteiger partial charge in [0.25, 0.3) is 0 Å². The number of methoxy groups -OCH3 is 2. The minimum Gasteiger partial charge on any atom is -0.497 e. The second-order valence-corrected chi connectivity index (χ2v) is 9.44. The van der Waals surface area contributed by atoms with Crippen LogP contribution in [-0.4, -0.2) is 43.7 Å². The van der Waals surface area contributed by atoms with E-state index in [4.69, 9.17) is 14.2 Å². The van der Waals surface area contributed by atoms with Crippen molar-refractivity contribution in [3.8, 4) is 11.5 Å². The molecule has 0 saturated heterocycles. The summed E-state index contributed by atoms with van der Waals surface area (Å²) in [5, 5.41) is 2.30. The van der Waals surface area contributed by atoms with Gasteiger partial charge in [0, 0.05) is 16.4 Å². The quantitative estimate of drug-likeness (QED) is 0.433. The fourth-order valence-corrected chi connectivity index (χ4v) is 3.54. The van der Waals surface area contributed by atoms with Crippen LogP contribution in [0.15, 0.2) is 47.4 Å². The molecular weight excluding hydrogens is 430 g/mol. The molecule has 0 fully saturated rings. The van der Waals surface area contributed by atoms with Crippen molar-refractivity contribution >= 4 is 35.1 Å². The Labute approximate surface area is 192 Å². The maximum atomic E-state index is 12.8. The summed E-state index contributed by atoms with van der Waals surface area (Å²) in [6.45, 7) is 6.74. The van der Waals surface area contributed by atoms with E-state index in [1.165, 1.54) is 26.0 Å². The van der Waals surface area contributed by atoms with E-state index in [2.05, 4.69) is 5.32 Å². The molecule has 2 aromatic carbocycles. The second-order valence-electron chi connectivity index (χ2n) is 8.06. The van der Waals surface area contributed by atoms with Crippen LogP contribution in [0.4, 0.5) is 5.69 Å². The highest BCUT2D eigenvalue weighted by molar-refractivity contribution is 8.00. The van der Waals surface area contributed by atoms with Gasteiger partial charge in [0.05, 0.1) is 30.7 Å². The molecule has 172 valence electrons. The van der Waals surface area contributed by atoms with Gasteiger partial charge < -0.3 is 19.5 Å². The smallest absolute Gasteiger partial charge is 0.339 e. The zero-order valence-corrected chi connectivity index (χ0v) is 20.0. The van der Waals surface area contributed by atoms with E-state index in [0.29, 0.717) is 27.6 Å². The van der Waals surface area contributed by atoms with E-state index in [0.717, 1.165) is 0 Å². The number of benzene rings is 2. The number of hydrogen-bond acceptors (Lipinski definition) is 7. The number of thioether (sulfide) groups is 1. The first-order valence-electron chi connectivity index (χ1n) is 10.1. The Balaban J connectivity index is 2.10. The highest BCUT2D eigenvalue weighted by atomic mass is 32.2. The highest BCUT2D eigenvalue weighted by Crippen LogP contribution is 2.32. The number of carbonyl (C=O) groups is 3. The van der Waals surface area contributed by atoms with Crippen LogP contribution in [0.5, 0.6) is 11.5 Å². The number of esters is 1. The molecule has 0 bridgehead atoms. The number of anilines is 1. The first kappa shape index (κ1) is 25.3. The zero-order chi connectivity index (χ0) is 23.9. The largest absolute Gasteiger partial charge is 0.497 e. The lowest BCUT2D eigenvalue weighted by molar-refractivity contribution is -0.129. The zero-order valence-electron chi connectivity index (χ0n) is 19.2. The molecule has 1 amide bonds. The minimum atomic E-state index is -0.604. The van der Waals surface area contributed by atoms with Crippen LogP contribution in [0.1, 0.15) is 38.1 Å². The molecule has 0 spiro atoms. The molecule has 1 N–H and O–H groups in total. The lowest BCUT2D eigenvalue weighted by Gasteiger charge is -2.17. The molecule has 1 atom stereocenters. The van der Waals surface area contributed by atoms with Gasteiger partial charge in [-0.1, -0.05) is 32.9 Å². The predicted octanol–water partition coefficient (Wildman–Crippen LogP) is 4.60. The number of hydrogen-bond donors (Lipinski definition) is 1. The third kappa shape index (κ3) is 6.75. The molecule has 0 unspecified atom stereocenters. The number of amides is 1. The van der Waals surface area contributed by atoms with E-state index < -0.39 is 16.6 Å². The van der Waals surface area contributed by atoms with Crippen molar-refractivity contribution in [1.29, 1.82) is 0 Å². The van der Waals surface area contributed by atoms with E-state index in [1.807, 2.05) is 0 Å². The summed E-state index contributed by atoms with van der Waals surface area (Å²) in [4.78, 5) is 38.0. The van der Waals surface area contributed by atoms with Gasteiger partial charge in [0.15, 0.2) is 12.4 Å². The van der Waals surface area contributed by atoms with Crippen molar-refractivity contribution in [2.24, 2.45) is 5.41 Å². The van der Waals surface area contributed by atoms with E-state index in [-0.39, 0.29) is 18.3 Å². The Bertz CT molecular complexity index is 983. The number of rotatable bonds is 9. The van der Waals surface area contributed by atoms with Crippen LogP contribution in [0.2, 0.25) is 0 Å². The van der Waals surface area contributed by atoms with E-state index in [9.17, 15) is 14.4 Å². The molecule has 2 rings (SSSR count). The monoisotopic (exact) mass is 459 g/mol. The number of carbonyl (C=O) groups excluding carboxylic acids is 3. The van der Waals surface area contributed by atoms with Crippen LogP contribution in [0, 0.1) is 5.41 Å². The maximum Gasteiger partial charge on any atom is 0.339 e. The topological polar surface area (TPSA) is 90.9 Å². The van der Waals surface area contributed by atoms with Gasteiger partial charge in [-0.15, -0.1) is 11.8 Å². The lowest BCUT2D eigenvalue weighted by Crippen LogP contribution is -2.26. The van der Waals surface area contributed by atoms with Crippen LogP contribution < -0.4 is 14.8 Å². The van der Waals surface area contributed by atoms with E-state index in [1.54, 1.807) is 70.2 Å². The molecule has 0 saturated carbocycles. The normalized spacial score (nSPS) is 11.9. The Kier molecular flexibility index (Phi) is 8.72. The third-order valence-corrected chi connectivity index (χ3v) is 5.79. The summed E-state index contributed by atoms with van der Waals surface area (Å²) >= 11 is 1.22. The molecule has 2 aromatic rings. The van der Waals surface area contributed by atoms with Crippen molar-refractivity contribution in [3.05, 3.63) is 48.0 Å². The summed E-state index contributed by atoms with van der Waals surface area (Å²) < 4.78 is 15.7. The van der Waals surface area contributed by atoms with Crippen molar-refractivity contribution < 1.29 is 28.6 Å². The van der Waals surface area contributed by atoms with E-state index >= 15 is 0 Å². The summed E-state index contributed by atoms with van der Waals surface area (Å²) in [6.07, 6.45) is 0. The van der Waals surface area contributed by atoms with Crippen LogP contribution in [-0.2, 0) is 14.3 Å². The fraction of sp³-hybridized carbons (Fsp3) is 0.375. The molecule has 0 aliphatic heterocycles. The molecule has 0 aliphatic rings. The molecule has 0 radical (unpaired) electrons. The average Bonchev–Trinajstić information content (AvgIpc) is 2.76. The maximum absolute atomic E-state index is 12.8. The molecule has 0 aliphatic carbocycles. The Hall–Kier alpha value is -3.00. The molecule has 0 heterocycles. The predicted molar refractivity (Wildman–Crippen MR) is 125 cm³/mol. The molecule has 0 aromatic heterocycles. The Morgan fingerprint density at radius 2 is 1.72 bits per heavy atom. The average molecular weight is 460 g/mol. The van der Waals surface area contributed by atoms with Crippen molar-refractivity contribution in [2.75, 3.05) is 26.1 Å². The Morgan fingerprint density at radius 3 is 2.34 bits per heavy atom. The van der Waals surface area contributed by atoms with Crippen LogP contribution >= 0.6 is 11.8 Å². The van der Waals surface area contributed by atoms with Crippen molar-refractivity contribution in [3.63, 3.8) is 0 Å². The standard InChI is InChI=1S/C24H29NO6S/c1-15(22(27)25-18-13-16(29-5)11-12-19(18)30-6)32-20-10-8-7-9-17(20)23(28)31-14-21(26)24(2,3)4/h7-13,15H,14H2,1-6H3,(H,25,27)/t15-/m0/s1. The molecule has 8 heteroatoms. The SMILES string of the molecule is COc1ccc(OC)c(NC(=O)[C@H](C)Sc2ccccc2C(=O)OCC(=O)C(C)(C)C)c1.